The van der Waals surface area contributed by atoms with Gasteiger partial charge in [-0.15, -0.1) is 0 Å². The number of hydrogen-bond donors (Lipinski definition) is 0. The van der Waals surface area contributed by atoms with E-state index in [4.69, 9.17) is 15.0 Å². The van der Waals surface area contributed by atoms with Crippen LogP contribution in [0.25, 0.3) is 134 Å². The minimum atomic E-state index is 0.899. The number of hydrogen-bond acceptors (Lipinski definition) is 3. The number of benzene rings is 11. The second-order valence-electron chi connectivity index (χ2n) is 20.9. The predicted octanol–water partition coefficient (Wildman–Crippen LogP) is 20.1. The monoisotopic (exact) mass is 1060 g/mol. The van der Waals surface area contributed by atoms with E-state index in [0.29, 0.717) is 0 Å². The molecular formula is C78H55N5. The molecule has 3 aromatic heterocycles. The number of rotatable bonds is 13. The maximum Gasteiger partial charge on any atom is 0.144 e. The van der Waals surface area contributed by atoms with Crippen molar-refractivity contribution in [3.8, 4) is 134 Å². The van der Waals surface area contributed by atoms with Crippen molar-refractivity contribution in [3.63, 3.8) is 0 Å². The van der Waals surface area contributed by atoms with Crippen LogP contribution in [0.1, 0.15) is 5.56 Å². The molecule has 0 aliphatic carbocycles. The highest BCUT2D eigenvalue weighted by Crippen LogP contribution is 2.43. The van der Waals surface area contributed by atoms with E-state index in [-0.39, 0.29) is 0 Å². The second-order valence-corrected chi connectivity index (χ2v) is 20.9. The summed E-state index contributed by atoms with van der Waals surface area (Å²) in [4.78, 5) is 14.5. The molecule has 0 bridgehead atoms. The first-order chi connectivity index (χ1) is 41.1. The van der Waals surface area contributed by atoms with Crippen LogP contribution >= 0.6 is 0 Å². The summed E-state index contributed by atoms with van der Waals surface area (Å²) < 4.78 is 4.28. The Bertz CT molecular complexity index is 4380. The molecule has 0 amide bonds. The van der Waals surface area contributed by atoms with Crippen LogP contribution in [0.15, 0.2) is 316 Å². The minimum absolute atomic E-state index is 0.899. The van der Waals surface area contributed by atoms with Crippen LogP contribution < -0.4 is 0 Å². The standard InChI is InChI=1S/C78H55N5/c1-54-53-81-76(52-75(54)60-31-29-56(30-32-60)55-17-5-2-6-18-55)61-39-33-57(34-40-61)69-23-11-14-26-72(69)64-49-65(73-27-15-12-24-70(73)58-35-41-62(42-36-58)77-79-45-47-82(77)67-19-7-3-8-20-67)51-66(50-64)74-28-16-13-25-71(74)59-37-43-63(44-38-59)78-80-46-48-83(78)68-21-9-4-10-22-68/h2-53H,1H3. The Morgan fingerprint density at radius 2 is 0.542 bits per heavy atom. The zero-order valence-electron chi connectivity index (χ0n) is 45.8. The highest BCUT2D eigenvalue weighted by atomic mass is 15.1. The zero-order valence-corrected chi connectivity index (χ0v) is 45.8. The van der Waals surface area contributed by atoms with E-state index < -0.39 is 0 Å². The van der Waals surface area contributed by atoms with Gasteiger partial charge in [0, 0.05) is 59.0 Å². The fourth-order valence-electron chi connectivity index (χ4n) is 11.6. The van der Waals surface area contributed by atoms with Crippen LogP contribution in [0, 0.1) is 6.92 Å². The lowest BCUT2D eigenvalue weighted by Gasteiger charge is -2.18. The molecule has 0 fully saturated rings. The van der Waals surface area contributed by atoms with Crippen LogP contribution in [0.2, 0.25) is 0 Å². The average Bonchev–Trinajstić information content (AvgIpc) is 4.39. The summed E-state index contributed by atoms with van der Waals surface area (Å²) in [7, 11) is 0. The molecule has 0 spiro atoms. The van der Waals surface area contributed by atoms with E-state index in [1.807, 2.05) is 43.1 Å². The molecule has 83 heavy (non-hydrogen) atoms. The molecular weight excluding hydrogens is 1010 g/mol. The van der Waals surface area contributed by atoms with Gasteiger partial charge in [-0.3, -0.25) is 14.1 Å². The van der Waals surface area contributed by atoms with Gasteiger partial charge in [-0.05, 0) is 150 Å². The lowest BCUT2D eigenvalue weighted by Crippen LogP contribution is -1.96. The molecule has 0 saturated carbocycles. The number of para-hydroxylation sites is 2. The number of aryl methyl sites for hydroxylation is 1. The number of aromatic nitrogens is 5. The number of pyridine rings is 1. The van der Waals surface area contributed by atoms with Gasteiger partial charge >= 0.3 is 0 Å². The van der Waals surface area contributed by atoms with Crippen molar-refractivity contribution in [2.75, 3.05) is 0 Å². The Kier molecular flexibility index (Phi) is 13.5. The maximum atomic E-state index is 4.96. The third-order valence-corrected chi connectivity index (χ3v) is 15.8. The highest BCUT2D eigenvalue weighted by molar-refractivity contribution is 5.94. The molecule has 14 aromatic rings. The fraction of sp³-hybridized carbons (Fsp3) is 0.0128. The lowest BCUT2D eigenvalue weighted by atomic mass is 9.86. The highest BCUT2D eigenvalue weighted by Gasteiger charge is 2.18. The van der Waals surface area contributed by atoms with Crippen molar-refractivity contribution in [1.29, 1.82) is 0 Å². The van der Waals surface area contributed by atoms with Gasteiger partial charge in [-0.2, -0.15) is 0 Å². The van der Waals surface area contributed by atoms with Crippen molar-refractivity contribution in [2.24, 2.45) is 0 Å². The first kappa shape index (κ1) is 50.2. The van der Waals surface area contributed by atoms with Crippen LogP contribution in [0.3, 0.4) is 0 Å². The van der Waals surface area contributed by atoms with Gasteiger partial charge in [-0.25, -0.2) is 9.97 Å². The largest absolute Gasteiger partial charge is 0.300 e. The van der Waals surface area contributed by atoms with Gasteiger partial charge in [0.05, 0.1) is 5.69 Å². The Labute approximate surface area is 484 Å². The first-order valence-corrected chi connectivity index (χ1v) is 28.1. The van der Waals surface area contributed by atoms with Gasteiger partial charge < -0.3 is 0 Å². The summed E-state index contributed by atoms with van der Waals surface area (Å²) in [5.41, 5.74) is 25.7. The summed E-state index contributed by atoms with van der Waals surface area (Å²) in [5.74, 6) is 1.80. The van der Waals surface area contributed by atoms with Crippen LogP contribution in [-0.2, 0) is 0 Å². The van der Waals surface area contributed by atoms with Crippen LogP contribution in [0.4, 0.5) is 0 Å². The average molecular weight is 1060 g/mol. The van der Waals surface area contributed by atoms with Gasteiger partial charge in [0.25, 0.3) is 0 Å². The third-order valence-electron chi connectivity index (χ3n) is 15.8. The van der Waals surface area contributed by atoms with Crippen molar-refractivity contribution >= 4 is 0 Å². The summed E-state index contributed by atoms with van der Waals surface area (Å²) in [6.07, 6.45) is 9.77. The molecule has 0 N–H and O–H groups in total. The van der Waals surface area contributed by atoms with Gasteiger partial charge in [0.1, 0.15) is 11.6 Å². The van der Waals surface area contributed by atoms with E-state index >= 15 is 0 Å². The zero-order chi connectivity index (χ0) is 55.5. The topological polar surface area (TPSA) is 48.5 Å². The first-order valence-electron chi connectivity index (χ1n) is 28.1. The van der Waals surface area contributed by atoms with E-state index in [9.17, 15) is 0 Å². The molecule has 0 radical (unpaired) electrons. The SMILES string of the molecule is Cc1cnc(-c2ccc(-c3ccccc3-c3cc(-c4ccccc4-c4ccc(-c5nccn5-c5ccccc5)cc4)cc(-c4ccccc4-c4ccc(-c5nccn5-c5ccccc5)cc4)c3)cc2)cc1-c1ccc(-c2ccccc2)cc1. The smallest absolute Gasteiger partial charge is 0.144 e. The van der Waals surface area contributed by atoms with E-state index in [2.05, 4.69) is 289 Å². The minimum Gasteiger partial charge on any atom is -0.300 e. The van der Waals surface area contributed by atoms with Crippen molar-refractivity contribution in [1.82, 2.24) is 24.1 Å². The van der Waals surface area contributed by atoms with E-state index in [0.717, 1.165) is 118 Å². The molecule has 0 saturated heterocycles. The van der Waals surface area contributed by atoms with Gasteiger partial charge in [0.2, 0.25) is 0 Å². The molecule has 5 nitrogen and oxygen atoms in total. The summed E-state index contributed by atoms with van der Waals surface area (Å²) >= 11 is 0. The molecule has 0 unspecified atom stereocenters. The quantitative estimate of drug-likeness (QED) is 0.116. The number of imidazole rings is 2. The molecule has 11 aromatic carbocycles. The van der Waals surface area contributed by atoms with E-state index in [1.54, 1.807) is 0 Å². The Morgan fingerprint density at radius 1 is 0.241 bits per heavy atom. The normalized spacial score (nSPS) is 11.2. The summed E-state index contributed by atoms with van der Waals surface area (Å²) in [5, 5.41) is 0. The second kappa shape index (κ2) is 22.3. The van der Waals surface area contributed by atoms with Crippen molar-refractivity contribution < 1.29 is 0 Å². The van der Waals surface area contributed by atoms with Crippen molar-refractivity contribution in [2.45, 2.75) is 6.92 Å². The molecule has 392 valence electrons. The van der Waals surface area contributed by atoms with Gasteiger partial charge in [-0.1, -0.05) is 237 Å². The van der Waals surface area contributed by atoms with Crippen LogP contribution in [-0.4, -0.2) is 24.1 Å². The molecule has 0 aliphatic heterocycles. The fourth-order valence-corrected chi connectivity index (χ4v) is 11.6. The molecule has 3 heterocycles. The molecule has 5 heteroatoms. The maximum absolute atomic E-state index is 4.96. The molecule has 0 aliphatic rings. The Morgan fingerprint density at radius 3 is 0.940 bits per heavy atom. The Balaban J connectivity index is 0.847. The van der Waals surface area contributed by atoms with Crippen LogP contribution in [0.5, 0.6) is 0 Å². The lowest BCUT2D eigenvalue weighted by molar-refractivity contribution is 1.07. The predicted molar refractivity (Wildman–Crippen MR) is 343 cm³/mol. The number of nitrogens with zero attached hydrogens (tertiary/aromatic N) is 5. The Hall–Kier alpha value is -11.0. The van der Waals surface area contributed by atoms with E-state index in [1.165, 1.54) is 22.3 Å². The van der Waals surface area contributed by atoms with Crippen molar-refractivity contribution in [3.05, 3.63) is 322 Å². The van der Waals surface area contributed by atoms with Gasteiger partial charge in [0.15, 0.2) is 0 Å². The summed E-state index contributed by atoms with van der Waals surface area (Å²) in [6, 6.07) is 102. The summed E-state index contributed by atoms with van der Waals surface area (Å²) in [6.45, 7) is 2.14. The third kappa shape index (κ3) is 10.1. The molecule has 14 rings (SSSR count). The molecule has 0 atom stereocenters.